The summed E-state index contributed by atoms with van der Waals surface area (Å²) in [7, 11) is 3.56. The minimum atomic E-state index is 0.122. The van der Waals surface area contributed by atoms with Crippen molar-refractivity contribution in [3.05, 3.63) is 53.9 Å². The van der Waals surface area contributed by atoms with Crippen molar-refractivity contribution in [1.29, 1.82) is 0 Å². The molecule has 4 nitrogen and oxygen atoms in total. The molecule has 0 aliphatic rings. The zero-order valence-electron chi connectivity index (χ0n) is 13.0. The SMILES string of the molecule is CCn1ccc(CNc2ccc(CC(=O)N(C)C)cc2)c1. The molecule has 0 unspecified atom stereocenters. The first-order valence-electron chi connectivity index (χ1n) is 7.26. The third-order valence-electron chi connectivity index (χ3n) is 3.48. The summed E-state index contributed by atoms with van der Waals surface area (Å²) in [4.78, 5) is 13.3. The Balaban J connectivity index is 1.88. The van der Waals surface area contributed by atoms with E-state index in [1.807, 2.05) is 24.3 Å². The molecule has 0 saturated carbocycles. The number of rotatable bonds is 6. The van der Waals surface area contributed by atoms with Gasteiger partial charge in [0.15, 0.2) is 0 Å². The molecule has 0 aliphatic heterocycles. The van der Waals surface area contributed by atoms with Crippen LogP contribution in [-0.2, 0) is 24.3 Å². The smallest absolute Gasteiger partial charge is 0.226 e. The van der Waals surface area contributed by atoms with E-state index in [-0.39, 0.29) is 5.91 Å². The number of nitrogens with one attached hydrogen (secondary N) is 1. The molecule has 4 heteroatoms. The molecule has 0 saturated heterocycles. The summed E-state index contributed by atoms with van der Waals surface area (Å²) in [5.41, 5.74) is 3.38. The average molecular weight is 285 g/mol. The number of aromatic nitrogens is 1. The van der Waals surface area contributed by atoms with E-state index in [4.69, 9.17) is 0 Å². The number of carbonyl (C=O) groups is 1. The number of hydrogen-bond donors (Lipinski definition) is 1. The zero-order chi connectivity index (χ0) is 15.2. The summed E-state index contributed by atoms with van der Waals surface area (Å²) in [5, 5.41) is 3.39. The molecule has 1 aromatic heterocycles. The quantitative estimate of drug-likeness (QED) is 0.886. The average Bonchev–Trinajstić information content (AvgIpc) is 2.94. The molecule has 0 radical (unpaired) electrons. The van der Waals surface area contributed by atoms with Gasteiger partial charge in [-0.2, -0.15) is 0 Å². The fourth-order valence-electron chi connectivity index (χ4n) is 2.07. The molecule has 0 spiro atoms. The van der Waals surface area contributed by atoms with Crippen LogP contribution in [0.2, 0.25) is 0 Å². The summed E-state index contributed by atoms with van der Waals surface area (Å²) < 4.78 is 2.16. The van der Waals surface area contributed by atoms with Crippen LogP contribution in [0.4, 0.5) is 5.69 Å². The van der Waals surface area contributed by atoms with Gasteiger partial charge in [0.25, 0.3) is 0 Å². The second-order valence-electron chi connectivity index (χ2n) is 5.37. The predicted molar refractivity (Wildman–Crippen MR) is 86.3 cm³/mol. The topological polar surface area (TPSA) is 37.3 Å². The van der Waals surface area contributed by atoms with Crippen molar-refractivity contribution in [3.63, 3.8) is 0 Å². The first-order valence-corrected chi connectivity index (χ1v) is 7.26. The first kappa shape index (κ1) is 15.2. The van der Waals surface area contributed by atoms with Crippen molar-refractivity contribution in [2.45, 2.75) is 26.4 Å². The summed E-state index contributed by atoms with van der Waals surface area (Å²) in [6.45, 7) is 3.93. The van der Waals surface area contributed by atoms with Crippen LogP contribution < -0.4 is 5.32 Å². The van der Waals surface area contributed by atoms with Gasteiger partial charge in [0.05, 0.1) is 6.42 Å². The van der Waals surface area contributed by atoms with Gasteiger partial charge in [0, 0.05) is 45.3 Å². The monoisotopic (exact) mass is 285 g/mol. The van der Waals surface area contributed by atoms with Crippen molar-refractivity contribution >= 4 is 11.6 Å². The number of hydrogen-bond acceptors (Lipinski definition) is 2. The molecule has 2 aromatic rings. The number of likely N-dealkylation sites (N-methyl/N-ethyl adjacent to an activating group) is 1. The molecule has 0 atom stereocenters. The van der Waals surface area contributed by atoms with Crippen molar-refractivity contribution in [2.24, 2.45) is 0 Å². The van der Waals surface area contributed by atoms with Crippen LogP contribution in [0.15, 0.2) is 42.7 Å². The van der Waals surface area contributed by atoms with E-state index < -0.39 is 0 Å². The van der Waals surface area contributed by atoms with Gasteiger partial charge in [-0.3, -0.25) is 4.79 Å². The maximum absolute atomic E-state index is 11.6. The number of anilines is 1. The standard InChI is InChI=1S/C17H23N3O/c1-4-20-10-9-15(13-20)12-18-16-7-5-14(6-8-16)11-17(21)19(2)3/h5-10,13,18H,4,11-12H2,1-3H3. The molecular weight excluding hydrogens is 262 g/mol. The van der Waals surface area contributed by atoms with E-state index in [2.05, 4.69) is 35.3 Å². The summed E-state index contributed by atoms with van der Waals surface area (Å²) in [6, 6.07) is 10.2. The molecule has 0 fully saturated rings. The number of aryl methyl sites for hydroxylation is 1. The van der Waals surface area contributed by atoms with Gasteiger partial charge in [0.2, 0.25) is 5.91 Å². The molecule has 1 heterocycles. The second-order valence-corrected chi connectivity index (χ2v) is 5.37. The largest absolute Gasteiger partial charge is 0.381 e. The van der Waals surface area contributed by atoms with Gasteiger partial charge >= 0.3 is 0 Å². The molecule has 112 valence electrons. The molecular formula is C17H23N3O. The lowest BCUT2D eigenvalue weighted by atomic mass is 10.1. The molecule has 1 N–H and O–H groups in total. The molecule has 0 bridgehead atoms. The maximum Gasteiger partial charge on any atom is 0.226 e. The highest BCUT2D eigenvalue weighted by molar-refractivity contribution is 5.78. The zero-order valence-corrected chi connectivity index (χ0v) is 13.0. The Bertz CT molecular complexity index is 584. The second kappa shape index (κ2) is 6.97. The highest BCUT2D eigenvalue weighted by Crippen LogP contribution is 2.12. The third-order valence-corrected chi connectivity index (χ3v) is 3.48. The van der Waals surface area contributed by atoms with Gasteiger partial charge < -0.3 is 14.8 Å². The Hall–Kier alpha value is -2.23. The third kappa shape index (κ3) is 4.38. The van der Waals surface area contributed by atoms with Crippen molar-refractivity contribution in [1.82, 2.24) is 9.47 Å². The Morgan fingerprint density at radius 1 is 1.14 bits per heavy atom. The molecule has 0 aliphatic carbocycles. The van der Waals surface area contributed by atoms with E-state index in [1.54, 1.807) is 19.0 Å². The summed E-state index contributed by atoms with van der Waals surface area (Å²) in [6.07, 6.45) is 4.69. The number of nitrogens with zero attached hydrogens (tertiary/aromatic N) is 2. The lowest BCUT2D eigenvalue weighted by Crippen LogP contribution is -2.23. The van der Waals surface area contributed by atoms with Crippen LogP contribution in [0.1, 0.15) is 18.1 Å². The van der Waals surface area contributed by atoms with E-state index >= 15 is 0 Å². The highest BCUT2D eigenvalue weighted by Gasteiger charge is 2.05. The Labute approximate surface area is 126 Å². The van der Waals surface area contributed by atoms with Gasteiger partial charge in [-0.25, -0.2) is 0 Å². The lowest BCUT2D eigenvalue weighted by molar-refractivity contribution is -0.127. The van der Waals surface area contributed by atoms with Crippen LogP contribution in [0.3, 0.4) is 0 Å². The molecule has 1 amide bonds. The number of benzene rings is 1. The molecule has 21 heavy (non-hydrogen) atoms. The molecule has 2 rings (SSSR count). The number of amides is 1. The number of carbonyl (C=O) groups excluding carboxylic acids is 1. The minimum absolute atomic E-state index is 0.122. The van der Waals surface area contributed by atoms with Crippen LogP contribution in [-0.4, -0.2) is 29.5 Å². The normalized spacial score (nSPS) is 10.4. The van der Waals surface area contributed by atoms with Crippen molar-refractivity contribution < 1.29 is 4.79 Å². The van der Waals surface area contributed by atoms with E-state index in [1.165, 1.54) is 5.56 Å². The Morgan fingerprint density at radius 3 is 2.43 bits per heavy atom. The maximum atomic E-state index is 11.6. The molecule has 1 aromatic carbocycles. The van der Waals surface area contributed by atoms with Gasteiger partial charge in [0.1, 0.15) is 0 Å². The van der Waals surface area contributed by atoms with Gasteiger partial charge in [-0.05, 0) is 36.2 Å². The summed E-state index contributed by atoms with van der Waals surface area (Å²) >= 11 is 0. The van der Waals surface area contributed by atoms with Crippen LogP contribution in [0, 0.1) is 0 Å². The van der Waals surface area contributed by atoms with E-state index in [0.29, 0.717) is 6.42 Å². The van der Waals surface area contributed by atoms with Crippen molar-refractivity contribution in [3.8, 4) is 0 Å². The summed E-state index contributed by atoms with van der Waals surface area (Å²) in [5.74, 6) is 0.122. The van der Waals surface area contributed by atoms with Crippen LogP contribution in [0.5, 0.6) is 0 Å². The van der Waals surface area contributed by atoms with Crippen LogP contribution in [0.25, 0.3) is 0 Å². The first-order chi connectivity index (χ1) is 10.1. The minimum Gasteiger partial charge on any atom is -0.381 e. The van der Waals surface area contributed by atoms with Gasteiger partial charge in [-0.15, -0.1) is 0 Å². The Morgan fingerprint density at radius 2 is 1.86 bits per heavy atom. The highest BCUT2D eigenvalue weighted by atomic mass is 16.2. The fraction of sp³-hybridized carbons (Fsp3) is 0.353. The fourth-order valence-corrected chi connectivity index (χ4v) is 2.07. The Kier molecular flexibility index (Phi) is 5.04. The predicted octanol–water partition coefficient (Wildman–Crippen LogP) is 2.75. The van der Waals surface area contributed by atoms with E-state index in [9.17, 15) is 4.79 Å². The van der Waals surface area contributed by atoms with Gasteiger partial charge in [-0.1, -0.05) is 12.1 Å². The van der Waals surface area contributed by atoms with Crippen molar-refractivity contribution in [2.75, 3.05) is 19.4 Å². The van der Waals surface area contributed by atoms with E-state index in [0.717, 1.165) is 24.3 Å². The van der Waals surface area contributed by atoms with Crippen LogP contribution >= 0.6 is 0 Å². The lowest BCUT2D eigenvalue weighted by Gasteiger charge is -2.10.